The highest BCUT2D eigenvalue weighted by Crippen LogP contribution is 2.45. The Bertz CT molecular complexity index is 6980. The molecule has 2 atom stereocenters. The van der Waals surface area contributed by atoms with Crippen LogP contribution in [-0.4, -0.2) is 202 Å². The number of likely N-dealkylation sites (tertiary alicyclic amines) is 2. The van der Waals surface area contributed by atoms with E-state index >= 15 is 0 Å². The molecular weight excluding hydrogens is 2080 g/mol. The largest absolute Gasteiger partial charge is 0.469 e. The van der Waals surface area contributed by atoms with Gasteiger partial charge in [-0.2, -0.15) is 52.7 Å². The molecule has 17 rings (SSSR count). The number of halogens is 20. The number of alkyl halides is 12. The quantitative estimate of drug-likeness (QED) is 0.0558. The van der Waals surface area contributed by atoms with Crippen molar-refractivity contribution < 1.29 is 95.7 Å². The molecular formula is C107H110Cl8F12N10O9. The van der Waals surface area contributed by atoms with Gasteiger partial charge >= 0.3 is 36.6 Å². The monoisotopic (exact) mass is 2190 g/mol. The average molecular weight is 2190 g/mol. The summed E-state index contributed by atoms with van der Waals surface area (Å²) in [5.74, 6) is -1.88. The molecule has 782 valence electrons. The lowest BCUT2D eigenvalue weighted by atomic mass is 9.86. The van der Waals surface area contributed by atoms with Gasteiger partial charge in [0.15, 0.2) is 0 Å². The molecule has 2 unspecified atom stereocenters. The minimum atomic E-state index is -4.45. The summed E-state index contributed by atoms with van der Waals surface area (Å²) < 4.78 is 182. The molecule has 4 aromatic heterocycles. The molecule has 0 bridgehead atoms. The zero-order chi connectivity index (χ0) is 106. The number of fused-ring (bicyclic) bond motifs is 4. The Morgan fingerprint density at radius 3 is 0.938 bits per heavy atom. The molecule has 0 radical (unpaired) electrons. The zero-order valence-corrected chi connectivity index (χ0v) is 88.3. The molecule has 8 aromatic carbocycles. The summed E-state index contributed by atoms with van der Waals surface area (Å²) in [7, 11) is 9.86. The first-order valence-corrected chi connectivity index (χ1v) is 50.7. The topological polar surface area (TPSA) is 169 Å². The van der Waals surface area contributed by atoms with E-state index in [1.165, 1.54) is 26.4 Å². The van der Waals surface area contributed by atoms with E-state index < -0.39 is 47.0 Å². The second-order valence-electron chi connectivity index (χ2n) is 37.9. The molecule has 1 aliphatic carbocycles. The smallest absolute Gasteiger partial charge is 0.416 e. The van der Waals surface area contributed by atoms with Gasteiger partial charge in [-0.25, -0.2) is 0 Å². The first-order chi connectivity index (χ1) is 68.8. The molecule has 8 heterocycles. The van der Waals surface area contributed by atoms with Crippen molar-refractivity contribution >= 4 is 172 Å². The van der Waals surface area contributed by atoms with Crippen LogP contribution in [0.3, 0.4) is 0 Å². The summed E-state index contributed by atoms with van der Waals surface area (Å²) in [4.78, 5) is 89.0. The van der Waals surface area contributed by atoms with E-state index in [2.05, 4.69) is 9.80 Å². The fourth-order valence-electron chi connectivity index (χ4n) is 19.9. The number of nitrogens with zero attached hydrogens (tertiary/aromatic N) is 10. The van der Waals surface area contributed by atoms with E-state index in [0.29, 0.717) is 233 Å². The van der Waals surface area contributed by atoms with Crippen LogP contribution in [0.5, 0.6) is 0 Å². The van der Waals surface area contributed by atoms with E-state index in [0.717, 1.165) is 103 Å². The predicted molar refractivity (Wildman–Crippen MR) is 547 cm³/mol. The Hall–Kier alpha value is -9.90. The van der Waals surface area contributed by atoms with Gasteiger partial charge in [0.2, 0.25) is 0 Å². The zero-order valence-electron chi connectivity index (χ0n) is 82.2. The van der Waals surface area contributed by atoms with E-state index in [4.69, 9.17) is 107 Å². The summed E-state index contributed by atoms with van der Waals surface area (Å²) in [6.07, 6.45) is -11.4. The molecule has 5 fully saturated rings. The van der Waals surface area contributed by atoms with Crippen LogP contribution >= 0.6 is 92.8 Å². The summed E-state index contributed by atoms with van der Waals surface area (Å²) in [5, 5.41) is 5.40. The van der Waals surface area contributed by atoms with E-state index in [1.54, 1.807) is 151 Å². The van der Waals surface area contributed by atoms with Crippen molar-refractivity contribution in [1.29, 1.82) is 0 Å². The van der Waals surface area contributed by atoms with Crippen LogP contribution in [0.4, 0.5) is 52.7 Å². The fourth-order valence-corrected chi connectivity index (χ4v) is 22.3. The molecule has 0 spiro atoms. The van der Waals surface area contributed by atoms with E-state index in [1.807, 2.05) is 36.1 Å². The Balaban J connectivity index is 0.000000154. The van der Waals surface area contributed by atoms with Gasteiger partial charge in [-0.05, 0) is 238 Å². The number of rotatable bonds is 19. The summed E-state index contributed by atoms with van der Waals surface area (Å²) in [6.45, 7) is 19.4. The number of hydrogen-bond acceptors (Lipinski definition) is 11. The number of esters is 2. The second kappa shape index (κ2) is 45.9. The number of ether oxygens (including phenoxy) is 3. The Morgan fingerprint density at radius 2 is 0.664 bits per heavy atom. The number of carbonyl (C=O) groups excluding carboxylic acids is 6. The molecule has 146 heavy (non-hydrogen) atoms. The highest BCUT2D eigenvalue weighted by Gasteiger charge is 2.41. The third-order valence-corrected chi connectivity index (χ3v) is 32.0. The van der Waals surface area contributed by atoms with Gasteiger partial charge in [0.25, 0.3) is 23.6 Å². The number of benzene rings is 8. The van der Waals surface area contributed by atoms with Gasteiger partial charge in [-0.3, -0.25) is 38.6 Å². The summed E-state index contributed by atoms with van der Waals surface area (Å²) in [6, 6.07) is 30.2. The van der Waals surface area contributed by atoms with Crippen molar-refractivity contribution in [2.24, 2.45) is 45.9 Å². The summed E-state index contributed by atoms with van der Waals surface area (Å²) in [5.41, 5.74) is 7.67. The second-order valence-corrected chi connectivity index (χ2v) is 41.1. The maximum atomic E-state index is 13.4. The number of piperazine rings is 2. The van der Waals surface area contributed by atoms with Gasteiger partial charge in [-0.15, -0.1) is 0 Å². The molecule has 4 aliphatic heterocycles. The SMILES string of the molecule is CCOC(=O)C1CCN(C(=O)c2ccc(Cl)c(Cc3cc4c(C)cc(C(F)(F)F)cc4n3C)c2Cl)CC1.COC(=O)C1CCN(C(=O)c2ccc(Cl)c(Cc3cc4c(C)cc(C(F)(F)F)cc4n3C)c2Cl)CC1C.COCCN1CCN(C(=O)c2ccc(Cl)c(Cc3cc4c(C)cc(C(F)(F)F)cc4n3C)c2Cl)CC1.Cc1cc(C(F)(F)F)cc2c1cc(Cc1c(Cl)ccc(C(=O)N3CCN(C4CCC4)CC3)c1Cl)n2C. The molecule has 5 aliphatic rings. The van der Waals surface area contributed by atoms with Crippen molar-refractivity contribution in [3.63, 3.8) is 0 Å². The number of piperidine rings is 2. The lowest BCUT2D eigenvalue weighted by Gasteiger charge is -2.43. The van der Waals surface area contributed by atoms with E-state index in [-0.39, 0.29) is 87.7 Å². The Kier molecular flexibility index (Phi) is 35.1. The minimum Gasteiger partial charge on any atom is -0.469 e. The predicted octanol–water partition coefficient (Wildman–Crippen LogP) is 26.0. The lowest BCUT2D eigenvalue weighted by molar-refractivity contribution is -0.150. The first kappa shape index (κ1) is 112. The normalized spacial score (nSPS) is 16.5. The molecule has 4 saturated heterocycles. The van der Waals surface area contributed by atoms with Gasteiger partial charge < -0.3 is 52.1 Å². The first-order valence-electron chi connectivity index (χ1n) is 47.7. The number of carbonyl (C=O) groups is 6. The Morgan fingerprint density at radius 1 is 0.370 bits per heavy atom. The maximum Gasteiger partial charge on any atom is 0.416 e. The summed E-state index contributed by atoms with van der Waals surface area (Å²) >= 11 is 52.9. The van der Waals surface area contributed by atoms with Gasteiger partial charge in [0.05, 0.1) is 96.8 Å². The number of amides is 4. The third kappa shape index (κ3) is 24.4. The van der Waals surface area contributed by atoms with Gasteiger partial charge in [0, 0.05) is 239 Å². The lowest BCUT2D eigenvalue weighted by Crippen LogP contribution is -2.53. The third-order valence-electron chi connectivity index (χ3n) is 28.8. The van der Waals surface area contributed by atoms with Crippen molar-refractivity contribution in [1.82, 2.24) is 47.7 Å². The number of methoxy groups -OCH3 is 2. The van der Waals surface area contributed by atoms with Crippen LogP contribution in [0.1, 0.15) is 183 Å². The van der Waals surface area contributed by atoms with Crippen molar-refractivity contribution in [3.05, 3.63) is 273 Å². The van der Waals surface area contributed by atoms with Crippen molar-refractivity contribution in [3.8, 4) is 0 Å². The molecule has 19 nitrogen and oxygen atoms in total. The molecule has 0 N–H and O–H groups in total. The number of aromatic nitrogens is 4. The maximum absolute atomic E-state index is 13.4. The van der Waals surface area contributed by atoms with Gasteiger partial charge in [0.1, 0.15) is 0 Å². The highest BCUT2D eigenvalue weighted by atomic mass is 35.5. The minimum absolute atomic E-state index is 0.0728. The standard InChI is InChI=1S/C27H28Cl2F3N3O.2C27H27Cl2F3N2O3.C26H28Cl2F3N3O2/c1-16-12-17(27(30,31)32)13-24-21(16)14-19(33(24)2)15-22-23(28)7-6-20(25(22)29)26(36)35-10-8-34(9-11-35)18-4-3-5-18;1-14-9-16(27(30,31)32)10-23-20(14)11-17(33(23)3)12-21-22(28)6-5-19(24(21)29)25(35)34-8-7-18(15(2)13-34)26(36)37-4;1-4-37-26(36)16-7-9-34(10-8-16)25(35)19-5-6-22(28)21(24(19)29)14-18-13-20-15(2)11-17(27(30,31)32)12-23(20)33(18)3;1-16-12-17(26(29,30)31)13-23-20(16)14-18(32(23)2)15-21-22(27)5-4-19(24(21)28)25(35)34-8-6-33(7-9-34)10-11-36-3/h6-7,12-14,18H,3-5,8-11,15H2,1-2H3;5-6,9-11,15,18H,7-8,12-13H2,1-4H3;5-6,11-13,16H,4,7-10,14H2,1-3H3;4-5,12-14H,6-11,15H2,1-3H3. The number of hydrogen-bond donors (Lipinski definition) is 0. The molecule has 1 saturated carbocycles. The van der Waals surface area contributed by atoms with Gasteiger partial charge in [-0.1, -0.05) is 106 Å². The molecule has 39 heteroatoms. The van der Waals surface area contributed by atoms with Crippen LogP contribution in [0.15, 0.2) is 121 Å². The Labute approximate surface area is 877 Å². The molecule has 12 aromatic rings. The van der Waals surface area contributed by atoms with Crippen LogP contribution in [0, 0.1) is 45.4 Å². The van der Waals surface area contributed by atoms with Crippen LogP contribution in [-0.2, 0) is 102 Å². The van der Waals surface area contributed by atoms with E-state index in [9.17, 15) is 81.5 Å². The van der Waals surface area contributed by atoms with Crippen LogP contribution < -0.4 is 0 Å². The van der Waals surface area contributed by atoms with Crippen molar-refractivity contribution in [2.75, 3.05) is 113 Å². The fraction of sp³-hybridized carbons (Fsp3) is 0.421. The van der Waals surface area contributed by atoms with Crippen LogP contribution in [0.25, 0.3) is 43.6 Å². The van der Waals surface area contributed by atoms with Crippen molar-refractivity contribution in [2.45, 2.75) is 136 Å². The highest BCUT2D eigenvalue weighted by molar-refractivity contribution is 6.40. The number of aryl methyl sites for hydroxylation is 8. The average Bonchev–Trinajstić information content (AvgIpc) is 1.60. The van der Waals surface area contributed by atoms with Crippen LogP contribution in [0.2, 0.25) is 40.2 Å². The molecule has 4 amide bonds.